The highest BCUT2D eigenvalue weighted by Gasteiger charge is 2.15. The quantitative estimate of drug-likeness (QED) is 0.590. The van der Waals surface area contributed by atoms with Gasteiger partial charge in [-0.15, -0.1) is 0 Å². The maximum Gasteiger partial charge on any atom is 0.203 e. The molecule has 25 heavy (non-hydrogen) atoms. The molecule has 0 N–H and O–H groups in total. The Kier molecular flexibility index (Phi) is 5.24. The summed E-state index contributed by atoms with van der Waals surface area (Å²) in [7, 11) is 4.80. The van der Waals surface area contributed by atoms with Gasteiger partial charge in [-0.1, -0.05) is 34.1 Å². The van der Waals surface area contributed by atoms with Crippen LogP contribution in [0.1, 0.15) is 0 Å². The molecule has 0 atom stereocenters. The molecule has 0 fully saturated rings. The molecule has 0 saturated heterocycles. The molecule has 0 aliphatic carbocycles. The molecule has 3 aromatic rings. The molecule has 4 nitrogen and oxygen atoms in total. The highest BCUT2D eigenvalue weighted by Crippen LogP contribution is 2.41. The number of ether oxygens (including phenoxy) is 3. The average molecular weight is 400 g/mol. The van der Waals surface area contributed by atoms with Gasteiger partial charge in [-0.2, -0.15) is 0 Å². The minimum atomic E-state index is 0.567. The van der Waals surface area contributed by atoms with E-state index in [-0.39, 0.29) is 0 Å². The molecule has 3 rings (SSSR count). The van der Waals surface area contributed by atoms with Crippen LogP contribution in [0.25, 0.3) is 22.5 Å². The van der Waals surface area contributed by atoms with Gasteiger partial charge in [0.05, 0.1) is 32.7 Å². The summed E-state index contributed by atoms with van der Waals surface area (Å²) in [5.41, 5.74) is 3.67. The van der Waals surface area contributed by atoms with Gasteiger partial charge in [0.25, 0.3) is 0 Å². The van der Waals surface area contributed by atoms with Crippen molar-refractivity contribution in [2.24, 2.45) is 0 Å². The molecular weight excluding hydrogens is 382 g/mol. The van der Waals surface area contributed by atoms with Crippen LogP contribution < -0.4 is 14.2 Å². The number of nitrogens with zero attached hydrogens (tertiary/aromatic N) is 1. The Morgan fingerprint density at radius 1 is 0.720 bits per heavy atom. The first-order chi connectivity index (χ1) is 12.2. The number of aromatic nitrogens is 1. The molecule has 128 valence electrons. The van der Waals surface area contributed by atoms with Crippen molar-refractivity contribution in [1.82, 2.24) is 4.98 Å². The van der Waals surface area contributed by atoms with Crippen molar-refractivity contribution in [3.8, 4) is 39.8 Å². The zero-order valence-electron chi connectivity index (χ0n) is 14.2. The molecule has 1 aromatic heterocycles. The van der Waals surface area contributed by atoms with E-state index in [2.05, 4.69) is 15.9 Å². The van der Waals surface area contributed by atoms with Gasteiger partial charge in [0, 0.05) is 15.6 Å². The predicted molar refractivity (Wildman–Crippen MR) is 102 cm³/mol. The number of hydrogen-bond acceptors (Lipinski definition) is 4. The van der Waals surface area contributed by atoms with Crippen molar-refractivity contribution in [1.29, 1.82) is 0 Å². The molecule has 0 spiro atoms. The summed E-state index contributed by atoms with van der Waals surface area (Å²) < 4.78 is 17.3. The molecule has 0 amide bonds. The van der Waals surface area contributed by atoms with Crippen molar-refractivity contribution in [2.45, 2.75) is 0 Å². The summed E-state index contributed by atoms with van der Waals surface area (Å²) in [5.74, 6) is 1.77. The number of methoxy groups -OCH3 is 3. The normalized spacial score (nSPS) is 10.4. The van der Waals surface area contributed by atoms with E-state index in [0.717, 1.165) is 27.0 Å². The summed E-state index contributed by atoms with van der Waals surface area (Å²) >= 11 is 3.50. The number of pyridine rings is 1. The van der Waals surface area contributed by atoms with Gasteiger partial charge in [-0.3, -0.25) is 0 Å². The monoisotopic (exact) mass is 399 g/mol. The van der Waals surface area contributed by atoms with E-state index in [1.807, 2.05) is 54.6 Å². The average Bonchev–Trinajstić information content (AvgIpc) is 2.66. The second kappa shape index (κ2) is 7.57. The van der Waals surface area contributed by atoms with Crippen LogP contribution in [0.2, 0.25) is 0 Å². The Balaban J connectivity index is 2.10. The lowest BCUT2D eigenvalue weighted by Gasteiger charge is -2.14. The highest BCUT2D eigenvalue weighted by molar-refractivity contribution is 9.10. The van der Waals surface area contributed by atoms with Gasteiger partial charge in [-0.25, -0.2) is 4.98 Å². The van der Waals surface area contributed by atoms with Crippen LogP contribution in [0.3, 0.4) is 0 Å². The smallest absolute Gasteiger partial charge is 0.203 e. The van der Waals surface area contributed by atoms with E-state index in [1.54, 1.807) is 21.3 Å². The zero-order valence-corrected chi connectivity index (χ0v) is 15.8. The van der Waals surface area contributed by atoms with Crippen LogP contribution >= 0.6 is 15.9 Å². The van der Waals surface area contributed by atoms with Crippen LogP contribution in [-0.4, -0.2) is 26.3 Å². The Labute approximate surface area is 155 Å². The summed E-state index contributed by atoms with van der Waals surface area (Å²) in [4.78, 5) is 4.79. The third kappa shape index (κ3) is 3.61. The van der Waals surface area contributed by atoms with Crippen molar-refractivity contribution in [3.63, 3.8) is 0 Å². The lowest BCUT2D eigenvalue weighted by atomic mass is 10.1. The Morgan fingerprint density at radius 2 is 1.32 bits per heavy atom. The molecule has 2 aromatic carbocycles. The van der Waals surface area contributed by atoms with Crippen molar-refractivity contribution < 1.29 is 14.2 Å². The van der Waals surface area contributed by atoms with Gasteiger partial charge in [-0.05, 0) is 36.4 Å². The van der Waals surface area contributed by atoms with E-state index < -0.39 is 0 Å². The van der Waals surface area contributed by atoms with E-state index >= 15 is 0 Å². The minimum Gasteiger partial charge on any atom is -0.493 e. The number of rotatable bonds is 5. The molecule has 0 aliphatic heterocycles. The first kappa shape index (κ1) is 17.3. The number of benzene rings is 2. The van der Waals surface area contributed by atoms with Gasteiger partial charge in [0.1, 0.15) is 0 Å². The van der Waals surface area contributed by atoms with Crippen LogP contribution in [0, 0.1) is 0 Å². The molecule has 0 aliphatic rings. The predicted octanol–water partition coefficient (Wildman–Crippen LogP) is 5.20. The SMILES string of the molecule is COc1cc(-c2cccc(-c3cccc(Br)c3)n2)cc(OC)c1OC. The second-order valence-corrected chi connectivity index (χ2v) is 6.25. The lowest BCUT2D eigenvalue weighted by Crippen LogP contribution is -1.96. The van der Waals surface area contributed by atoms with Crippen LogP contribution in [-0.2, 0) is 0 Å². The first-order valence-corrected chi connectivity index (χ1v) is 8.49. The summed E-state index contributed by atoms with van der Waals surface area (Å²) in [5, 5.41) is 0. The van der Waals surface area contributed by atoms with E-state index in [9.17, 15) is 0 Å². The Bertz CT molecular complexity index is 871. The fourth-order valence-electron chi connectivity index (χ4n) is 2.63. The van der Waals surface area contributed by atoms with E-state index in [1.165, 1.54) is 0 Å². The Morgan fingerprint density at radius 3 is 1.88 bits per heavy atom. The van der Waals surface area contributed by atoms with Gasteiger partial charge in [0.15, 0.2) is 11.5 Å². The summed E-state index contributed by atoms with van der Waals surface area (Å²) in [6, 6.07) is 17.8. The maximum atomic E-state index is 5.43. The van der Waals surface area contributed by atoms with E-state index in [4.69, 9.17) is 19.2 Å². The van der Waals surface area contributed by atoms with Crippen LogP contribution in [0.4, 0.5) is 0 Å². The van der Waals surface area contributed by atoms with Crippen molar-refractivity contribution in [3.05, 3.63) is 59.1 Å². The van der Waals surface area contributed by atoms with E-state index in [0.29, 0.717) is 17.2 Å². The highest BCUT2D eigenvalue weighted by atomic mass is 79.9. The topological polar surface area (TPSA) is 40.6 Å². The van der Waals surface area contributed by atoms with Gasteiger partial charge >= 0.3 is 0 Å². The number of halogens is 1. The first-order valence-electron chi connectivity index (χ1n) is 7.69. The molecule has 0 bridgehead atoms. The fourth-order valence-corrected chi connectivity index (χ4v) is 3.03. The van der Waals surface area contributed by atoms with Gasteiger partial charge < -0.3 is 14.2 Å². The molecular formula is C20H18BrNO3. The Hall–Kier alpha value is -2.53. The number of hydrogen-bond donors (Lipinski definition) is 0. The van der Waals surface area contributed by atoms with Crippen LogP contribution in [0.5, 0.6) is 17.2 Å². The molecule has 1 heterocycles. The molecule has 5 heteroatoms. The zero-order chi connectivity index (χ0) is 17.8. The third-order valence-corrected chi connectivity index (χ3v) is 4.32. The van der Waals surface area contributed by atoms with Crippen molar-refractivity contribution >= 4 is 15.9 Å². The molecule has 0 unspecified atom stereocenters. The summed E-state index contributed by atoms with van der Waals surface area (Å²) in [6.45, 7) is 0. The fraction of sp³-hybridized carbons (Fsp3) is 0.150. The lowest BCUT2D eigenvalue weighted by molar-refractivity contribution is 0.324. The second-order valence-electron chi connectivity index (χ2n) is 5.33. The van der Waals surface area contributed by atoms with Gasteiger partial charge in [0.2, 0.25) is 5.75 Å². The summed E-state index contributed by atoms with van der Waals surface area (Å²) in [6.07, 6.45) is 0. The third-order valence-electron chi connectivity index (χ3n) is 3.83. The minimum absolute atomic E-state index is 0.567. The van der Waals surface area contributed by atoms with Crippen molar-refractivity contribution in [2.75, 3.05) is 21.3 Å². The standard InChI is InChI=1S/C20H18BrNO3/c1-23-18-11-14(12-19(24-2)20(18)25-3)17-9-5-8-16(22-17)13-6-4-7-15(21)10-13/h4-12H,1-3H3. The maximum absolute atomic E-state index is 5.43. The molecule has 0 saturated carbocycles. The molecule has 0 radical (unpaired) electrons. The van der Waals surface area contributed by atoms with Crippen LogP contribution in [0.15, 0.2) is 59.1 Å². The largest absolute Gasteiger partial charge is 0.493 e.